The Kier molecular flexibility index (Phi) is 4.26. The minimum Gasteiger partial charge on any atom is -0.396 e. The summed E-state index contributed by atoms with van der Waals surface area (Å²) in [5.74, 6) is -0.303. The minimum atomic E-state index is -0.598. The molecule has 16 heavy (non-hydrogen) atoms. The van der Waals surface area contributed by atoms with Crippen LogP contribution in [0.1, 0.15) is 12.5 Å². The van der Waals surface area contributed by atoms with Crippen LogP contribution in [0.4, 0.5) is 10.1 Å². The van der Waals surface area contributed by atoms with E-state index in [9.17, 15) is 4.39 Å². The molecule has 0 atom stereocenters. The fourth-order valence-corrected chi connectivity index (χ4v) is 1.26. The summed E-state index contributed by atoms with van der Waals surface area (Å²) in [5.41, 5.74) is 1.02. The lowest BCUT2D eigenvalue weighted by atomic mass is 9.93. The lowest BCUT2D eigenvalue weighted by molar-refractivity contribution is 0.0806. The Morgan fingerprint density at radius 2 is 1.94 bits per heavy atom. The summed E-state index contributed by atoms with van der Waals surface area (Å²) in [7, 11) is 0. The zero-order valence-corrected chi connectivity index (χ0v) is 9.63. The molecule has 0 heterocycles. The van der Waals surface area contributed by atoms with E-state index in [4.69, 9.17) is 10.2 Å². The number of benzene rings is 1. The molecule has 3 nitrogen and oxygen atoms in total. The third-order valence-electron chi connectivity index (χ3n) is 2.67. The van der Waals surface area contributed by atoms with Gasteiger partial charge in [-0.1, -0.05) is 13.0 Å². The van der Waals surface area contributed by atoms with Gasteiger partial charge < -0.3 is 15.5 Å². The predicted octanol–water partition coefficient (Wildman–Crippen LogP) is 1.54. The Bertz CT molecular complexity index is 351. The molecule has 0 saturated heterocycles. The summed E-state index contributed by atoms with van der Waals surface area (Å²) in [6, 6.07) is 4.50. The molecule has 0 unspecified atom stereocenters. The normalized spacial score (nSPS) is 11.6. The van der Waals surface area contributed by atoms with Crippen molar-refractivity contribution in [2.24, 2.45) is 5.41 Å². The van der Waals surface area contributed by atoms with E-state index in [0.717, 1.165) is 5.56 Å². The molecule has 1 aromatic carbocycles. The van der Waals surface area contributed by atoms with Gasteiger partial charge in [0.25, 0.3) is 0 Å². The van der Waals surface area contributed by atoms with Crippen LogP contribution in [-0.2, 0) is 0 Å². The maximum Gasteiger partial charge on any atom is 0.125 e. The van der Waals surface area contributed by atoms with Crippen LogP contribution in [0.25, 0.3) is 0 Å². The molecule has 0 aromatic heterocycles. The van der Waals surface area contributed by atoms with Gasteiger partial charge in [-0.15, -0.1) is 0 Å². The van der Waals surface area contributed by atoms with Gasteiger partial charge in [-0.3, -0.25) is 0 Å². The SMILES string of the molecule is Cc1ccc(F)cc1NCC(C)(CO)CO. The first-order valence-corrected chi connectivity index (χ1v) is 5.22. The van der Waals surface area contributed by atoms with Crippen molar-refractivity contribution in [3.05, 3.63) is 29.6 Å². The van der Waals surface area contributed by atoms with E-state index in [0.29, 0.717) is 12.2 Å². The van der Waals surface area contributed by atoms with Crippen LogP contribution >= 0.6 is 0 Å². The predicted molar refractivity (Wildman–Crippen MR) is 61.9 cm³/mol. The molecule has 1 rings (SSSR count). The molecule has 0 spiro atoms. The van der Waals surface area contributed by atoms with Gasteiger partial charge in [-0.25, -0.2) is 4.39 Å². The van der Waals surface area contributed by atoms with Crippen LogP contribution < -0.4 is 5.32 Å². The number of rotatable bonds is 5. The Labute approximate surface area is 94.9 Å². The first-order valence-electron chi connectivity index (χ1n) is 5.22. The van der Waals surface area contributed by atoms with Crippen LogP contribution in [0, 0.1) is 18.2 Å². The van der Waals surface area contributed by atoms with Crippen molar-refractivity contribution < 1.29 is 14.6 Å². The molecule has 1 aromatic rings. The van der Waals surface area contributed by atoms with Crippen LogP contribution in [0.5, 0.6) is 0 Å². The van der Waals surface area contributed by atoms with Gasteiger partial charge in [0.15, 0.2) is 0 Å². The Balaban J connectivity index is 2.70. The molecule has 0 aliphatic carbocycles. The van der Waals surface area contributed by atoms with Gasteiger partial charge in [0.1, 0.15) is 5.82 Å². The molecule has 0 saturated carbocycles. The van der Waals surface area contributed by atoms with E-state index in [1.165, 1.54) is 12.1 Å². The Hall–Kier alpha value is -1.13. The first kappa shape index (κ1) is 12.9. The largest absolute Gasteiger partial charge is 0.396 e. The van der Waals surface area contributed by atoms with Crippen LogP contribution in [0.3, 0.4) is 0 Å². The first-order chi connectivity index (χ1) is 7.50. The lowest BCUT2D eigenvalue weighted by Crippen LogP contribution is -2.34. The van der Waals surface area contributed by atoms with Crippen LogP contribution in [0.2, 0.25) is 0 Å². The Morgan fingerprint density at radius 3 is 2.50 bits per heavy atom. The molecule has 0 aliphatic heterocycles. The van der Waals surface area contributed by atoms with Gasteiger partial charge in [0, 0.05) is 17.6 Å². The number of hydrogen-bond donors (Lipinski definition) is 3. The Morgan fingerprint density at radius 1 is 1.31 bits per heavy atom. The molecular formula is C12H18FNO2. The van der Waals surface area contributed by atoms with E-state index < -0.39 is 5.41 Å². The second kappa shape index (κ2) is 5.27. The molecule has 0 fully saturated rings. The minimum absolute atomic E-state index is 0.120. The van der Waals surface area contributed by atoms with E-state index in [1.54, 1.807) is 13.0 Å². The van der Waals surface area contributed by atoms with Gasteiger partial charge in [0.2, 0.25) is 0 Å². The maximum atomic E-state index is 13.0. The van der Waals surface area contributed by atoms with Crippen molar-refractivity contribution in [2.75, 3.05) is 25.1 Å². The summed E-state index contributed by atoms with van der Waals surface area (Å²) in [6.07, 6.45) is 0. The topological polar surface area (TPSA) is 52.5 Å². The van der Waals surface area contributed by atoms with E-state index >= 15 is 0 Å². The van der Waals surface area contributed by atoms with E-state index in [1.807, 2.05) is 6.92 Å². The molecule has 0 aliphatic rings. The molecular weight excluding hydrogens is 209 g/mol. The average molecular weight is 227 g/mol. The number of aliphatic hydroxyl groups is 2. The zero-order chi connectivity index (χ0) is 12.2. The highest BCUT2D eigenvalue weighted by atomic mass is 19.1. The van der Waals surface area contributed by atoms with Gasteiger partial charge in [-0.05, 0) is 24.6 Å². The number of halogens is 1. The highest BCUT2D eigenvalue weighted by Gasteiger charge is 2.22. The van der Waals surface area contributed by atoms with E-state index in [2.05, 4.69) is 5.32 Å². The highest BCUT2D eigenvalue weighted by Crippen LogP contribution is 2.20. The van der Waals surface area contributed by atoms with E-state index in [-0.39, 0.29) is 19.0 Å². The quantitative estimate of drug-likeness (QED) is 0.715. The lowest BCUT2D eigenvalue weighted by Gasteiger charge is -2.25. The van der Waals surface area contributed by atoms with Gasteiger partial charge in [0.05, 0.1) is 13.2 Å². The second-order valence-corrected chi connectivity index (χ2v) is 4.44. The van der Waals surface area contributed by atoms with Crippen molar-refractivity contribution >= 4 is 5.69 Å². The van der Waals surface area contributed by atoms with Crippen LogP contribution in [0.15, 0.2) is 18.2 Å². The molecule has 0 radical (unpaired) electrons. The summed E-state index contributed by atoms with van der Waals surface area (Å²) in [5, 5.41) is 21.3. The molecule has 0 bridgehead atoms. The summed E-state index contributed by atoms with van der Waals surface area (Å²) >= 11 is 0. The monoisotopic (exact) mass is 227 g/mol. The summed E-state index contributed by atoms with van der Waals surface area (Å²) in [4.78, 5) is 0. The number of aryl methyl sites for hydroxylation is 1. The maximum absolute atomic E-state index is 13.0. The van der Waals surface area contributed by atoms with Crippen molar-refractivity contribution in [1.82, 2.24) is 0 Å². The summed E-state index contributed by atoms with van der Waals surface area (Å²) < 4.78 is 13.0. The third-order valence-corrected chi connectivity index (χ3v) is 2.67. The second-order valence-electron chi connectivity index (χ2n) is 4.44. The molecule has 3 N–H and O–H groups in total. The van der Waals surface area contributed by atoms with Crippen molar-refractivity contribution in [3.63, 3.8) is 0 Å². The molecule has 4 heteroatoms. The summed E-state index contributed by atoms with van der Waals surface area (Å²) in [6.45, 7) is 3.78. The third kappa shape index (κ3) is 3.18. The highest BCUT2D eigenvalue weighted by molar-refractivity contribution is 5.50. The fourth-order valence-electron chi connectivity index (χ4n) is 1.26. The number of nitrogens with one attached hydrogen (secondary N) is 1. The van der Waals surface area contributed by atoms with Gasteiger partial charge >= 0.3 is 0 Å². The average Bonchev–Trinajstić information content (AvgIpc) is 2.30. The number of aliphatic hydroxyl groups excluding tert-OH is 2. The van der Waals surface area contributed by atoms with Gasteiger partial charge in [-0.2, -0.15) is 0 Å². The van der Waals surface area contributed by atoms with Crippen molar-refractivity contribution in [3.8, 4) is 0 Å². The van der Waals surface area contributed by atoms with Crippen LogP contribution in [-0.4, -0.2) is 30.0 Å². The van der Waals surface area contributed by atoms with Crippen molar-refractivity contribution in [2.45, 2.75) is 13.8 Å². The number of hydrogen-bond acceptors (Lipinski definition) is 3. The zero-order valence-electron chi connectivity index (χ0n) is 9.63. The number of anilines is 1. The fraction of sp³-hybridized carbons (Fsp3) is 0.500. The van der Waals surface area contributed by atoms with Crippen molar-refractivity contribution in [1.29, 1.82) is 0 Å². The molecule has 0 amide bonds. The molecule has 90 valence electrons. The smallest absolute Gasteiger partial charge is 0.125 e. The standard InChI is InChI=1S/C12H18FNO2/c1-9-3-4-10(13)5-11(9)14-6-12(2,7-15)8-16/h3-5,14-16H,6-8H2,1-2H3.